The third-order valence-corrected chi connectivity index (χ3v) is 4.55. The molecule has 0 spiro atoms. The van der Waals surface area contributed by atoms with Crippen LogP contribution in [0.5, 0.6) is 0 Å². The van der Waals surface area contributed by atoms with Gasteiger partial charge < -0.3 is 4.90 Å². The van der Waals surface area contributed by atoms with Gasteiger partial charge in [0.15, 0.2) is 0 Å². The predicted molar refractivity (Wildman–Crippen MR) is 77.0 cm³/mol. The van der Waals surface area contributed by atoms with E-state index in [1.807, 2.05) is 0 Å². The maximum absolute atomic E-state index is 9.21. The Bertz CT molecular complexity index is 443. The Morgan fingerprint density at radius 1 is 1.00 bits per heavy atom. The molecule has 2 atom stereocenters. The van der Waals surface area contributed by atoms with Crippen molar-refractivity contribution in [2.45, 2.75) is 25.3 Å². The smallest absolute Gasteiger partial charge is 0.0672 e. The van der Waals surface area contributed by atoms with Crippen LogP contribution in [0, 0.1) is 17.2 Å². The van der Waals surface area contributed by atoms with Crippen LogP contribution in [0.1, 0.15) is 19.3 Å². The Morgan fingerprint density at radius 2 is 1.74 bits per heavy atom. The van der Waals surface area contributed by atoms with E-state index in [0.29, 0.717) is 6.04 Å². The Kier molecular flexibility index (Phi) is 3.70. The van der Waals surface area contributed by atoms with Gasteiger partial charge in [-0.2, -0.15) is 5.26 Å². The van der Waals surface area contributed by atoms with Gasteiger partial charge in [-0.25, -0.2) is 0 Å². The minimum Gasteiger partial charge on any atom is -0.369 e. The Morgan fingerprint density at radius 3 is 2.42 bits per heavy atom. The van der Waals surface area contributed by atoms with Crippen LogP contribution in [-0.4, -0.2) is 37.1 Å². The molecule has 1 heterocycles. The van der Waals surface area contributed by atoms with Crippen LogP contribution in [0.4, 0.5) is 5.69 Å². The van der Waals surface area contributed by atoms with Gasteiger partial charge in [0.05, 0.1) is 12.0 Å². The minimum atomic E-state index is 0.267. The first kappa shape index (κ1) is 12.5. The highest BCUT2D eigenvalue weighted by Crippen LogP contribution is 2.30. The first-order chi connectivity index (χ1) is 9.38. The third kappa shape index (κ3) is 2.59. The molecule has 3 rings (SSSR count). The number of hydrogen-bond donors (Lipinski definition) is 0. The molecule has 2 unspecified atom stereocenters. The lowest BCUT2D eigenvalue weighted by molar-refractivity contribution is 0.168. The summed E-state index contributed by atoms with van der Waals surface area (Å²) in [6.07, 6.45) is 3.53. The zero-order valence-electron chi connectivity index (χ0n) is 11.3. The molecule has 1 aliphatic heterocycles. The summed E-state index contributed by atoms with van der Waals surface area (Å²) < 4.78 is 0. The number of para-hydroxylation sites is 1. The molecule has 1 aromatic carbocycles. The number of rotatable bonds is 2. The highest BCUT2D eigenvalue weighted by Gasteiger charge is 2.33. The van der Waals surface area contributed by atoms with Crippen molar-refractivity contribution in [3.8, 4) is 6.07 Å². The van der Waals surface area contributed by atoms with Gasteiger partial charge in [0.1, 0.15) is 0 Å². The predicted octanol–water partition coefficient (Wildman–Crippen LogP) is 2.50. The molecule has 1 aliphatic carbocycles. The van der Waals surface area contributed by atoms with E-state index in [-0.39, 0.29) is 5.92 Å². The van der Waals surface area contributed by atoms with Crippen molar-refractivity contribution >= 4 is 5.69 Å². The maximum Gasteiger partial charge on any atom is 0.0672 e. The molecule has 0 N–H and O–H groups in total. The molecule has 0 amide bonds. The SMILES string of the molecule is N#CC1CCCC1N1CCN(c2ccccc2)CC1. The van der Waals surface area contributed by atoms with Gasteiger partial charge in [-0.3, -0.25) is 4.90 Å². The Balaban J connectivity index is 1.59. The number of benzene rings is 1. The number of anilines is 1. The lowest BCUT2D eigenvalue weighted by Gasteiger charge is -2.40. The van der Waals surface area contributed by atoms with Crippen LogP contribution in [-0.2, 0) is 0 Å². The third-order valence-electron chi connectivity index (χ3n) is 4.55. The molecular weight excluding hydrogens is 234 g/mol. The maximum atomic E-state index is 9.21. The number of nitrogens with zero attached hydrogens (tertiary/aromatic N) is 3. The molecule has 0 aromatic heterocycles. The van der Waals surface area contributed by atoms with Crippen molar-refractivity contribution in [1.29, 1.82) is 5.26 Å². The average Bonchev–Trinajstić information content (AvgIpc) is 2.97. The van der Waals surface area contributed by atoms with Crippen molar-refractivity contribution in [2.24, 2.45) is 5.92 Å². The quantitative estimate of drug-likeness (QED) is 0.813. The molecule has 19 heavy (non-hydrogen) atoms. The normalized spacial score (nSPS) is 28.3. The second-order valence-electron chi connectivity index (χ2n) is 5.59. The van der Waals surface area contributed by atoms with Gasteiger partial charge in [0.2, 0.25) is 0 Å². The van der Waals surface area contributed by atoms with Gasteiger partial charge in [-0.05, 0) is 25.0 Å². The fourth-order valence-electron chi connectivity index (χ4n) is 3.48. The minimum absolute atomic E-state index is 0.267. The highest BCUT2D eigenvalue weighted by atomic mass is 15.3. The molecule has 0 radical (unpaired) electrons. The molecule has 1 aromatic rings. The summed E-state index contributed by atoms with van der Waals surface area (Å²) in [7, 11) is 0. The van der Waals surface area contributed by atoms with Crippen molar-refractivity contribution in [3.05, 3.63) is 30.3 Å². The molecular formula is C16H21N3. The van der Waals surface area contributed by atoms with E-state index in [2.05, 4.69) is 46.2 Å². The van der Waals surface area contributed by atoms with Crippen molar-refractivity contribution < 1.29 is 0 Å². The van der Waals surface area contributed by atoms with E-state index in [0.717, 1.165) is 32.6 Å². The Hall–Kier alpha value is -1.53. The summed E-state index contributed by atoms with van der Waals surface area (Å²) in [5.41, 5.74) is 1.32. The summed E-state index contributed by atoms with van der Waals surface area (Å²) in [5.74, 6) is 0.267. The largest absolute Gasteiger partial charge is 0.369 e. The Labute approximate surface area is 115 Å². The number of hydrogen-bond acceptors (Lipinski definition) is 3. The standard InChI is InChI=1S/C16H21N3/c17-13-14-5-4-8-16(14)19-11-9-18(10-12-19)15-6-2-1-3-7-15/h1-3,6-7,14,16H,4-5,8-12H2. The van der Waals surface area contributed by atoms with Crippen LogP contribution >= 0.6 is 0 Å². The summed E-state index contributed by atoms with van der Waals surface area (Å²) in [5, 5.41) is 9.21. The zero-order chi connectivity index (χ0) is 13.1. The van der Waals surface area contributed by atoms with Crippen molar-refractivity contribution in [3.63, 3.8) is 0 Å². The molecule has 3 nitrogen and oxygen atoms in total. The van der Waals surface area contributed by atoms with Gasteiger partial charge >= 0.3 is 0 Å². The lowest BCUT2D eigenvalue weighted by Crippen LogP contribution is -2.51. The van der Waals surface area contributed by atoms with Crippen LogP contribution in [0.2, 0.25) is 0 Å². The molecule has 1 saturated heterocycles. The van der Waals surface area contributed by atoms with Crippen molar-refractivity contribution in [1.82, 2.24) is 4.90 Å². The molecule has 100 valence electrons. The monoisotopic (exact) mass is 255 g/mol. The van der Waals surface area contributed by atoms with Gasteiger partial charge in [-0.15, -0.1) is 0 Å². The van der Waals surface area contributed by atoms with Crippen LogP contribution < -0.4 is 4.90 Å². The summed E-state index contributed by atoms with van der Waals surface area (Å²) >= 11 is 0. The average molecular weight is 255 g/mol. The first-order valence-electron chi connectivity index (χ1n) is 7.32. The molecule has 1 saturated carbocycles. The van der Waals surface area contributed by atoms with E-state index in [1.165, 1.54) is 18.5 Å². The highest BCUT2D eigenvalue weighted by molar-refractivity contribution is 5.46. The van der Waals surface area contributed by atoms with Crippen LogP contribution in [0.15, 0.2) is 30.3 Å². The first-order valence-corrected chi connectivity index (χ1v) is 7.32. The second kappa shape index (κ2) is 5.63. The van der Waals surface area contributed by atoms with Crippen LogP contribution in [0.3, 0.4) is 0 Å². The van der Waals surface area contributed by atoms with Gasteiger partial charge in [-0.1, -0.05) is 24.6 Å². The van der Waals surface area contributed by atoms with Gasteiger partial charge in [0.25, 0.3) is 0 Å². The summed E-state index contributed by atoms with van der Waals surface area (Å²) in [4.78, 5) is 4.99. The molecule has 2 fully saturated rings. The fraction of sp³-hybridized carbons (Fsp3) is 0.562. The van der Waals surface area contributed by atoms with E-state index >= 15 is 0 Å². The number of nitriles is 1. The summed E-state index contributed by atoms with van der Waals surface area (Å²) in [6, 6.07) is 13.7. The van der Waals surface area contributed by atoms with E-state index < -0.39 is 0 Å². The van der Waals surface area contributed by atoms with E-state index in [4.69, 9.17) is 0 Å². The molecule has 0 bridgehead atoms. The van der Waals surface area contributed by atoms with Crippen LogP contribution in [0.25, 0.3) is 0 Å². The fourth-order valence-corrected chi connectivity index (χ4v) is 3.48. The van der Waals surface area contributed by atoms with Gasteiger partial charge in [0, 0.05) is 37.9 Å². The van der Waals surface area contributed by atoms with E-state index in [9.17, 15) is 5.26 Å². The molecule has 2 aliphatic rings. The number of piperazine rings is 1. The topological polar surface area (TPSA) is 30.3 Å². The molecule has 3 heteroatoms. The summed E-state index contributed by atoms with van der Waals surface area (Å²) in [6.45, 7) is 4.35. The second-order valence-corrected chi connectivity index (χ2v) is 5.59. The lowest BCUT2D eigenvalue weighted by atomic mass is 10.0. The zero-order valence-corrected chi connectivity index (χ0v) is 11.3. The van der Waals surface area contributed by atoms with E-state index in [1.54, 1.807) is 0 Å². The van der Waals surface area contributed by atoms with Crippen molar-refractivity contribution in [2.75, 3.05) is 31.1 Å².